The van der Waals surface area contributed by atoms with Gasteiger partial charge in [0.25, 0.3) is 0 Å². The summed E-state index contributed by atoms with van der Waals surface area (Å²) in [6, 6.07) is 8.66. The summed E-state index contributed by atoms with van der Waals surface area (Å²) in [4.78, 5) is 13.2. The predicted molar refractivity (Wildman–Crippen MR) is 101 cm³/mol. The number of benzene rings is 1. The van der Waals surface area contributed by atoms with Crippen molar-refractivity contribution in [3.63, 3.8) is 0 Å². The lowest BCUT2D eigenvalue weighted by Gasteiger charge is -2.11. The van der Waals surface area contributed by atoms with Crippen molar-refractivity contribution in [3.05, 3.63) is 89.7 Å². The summed E-state index contributed by atoms with van der Waals surface area (Å²) in [7, 11) is 0. The van der Waals surface area contributed by atoms with Crippen LogP contribution in [0, 0.1) is 0 Å². The number of aromatic nitrogens is 3. The van der Waals surface area contributed by atoms with Crippen LogP contribution < -0.4 is 0 Å². The van der Waals surface area contributed by atoms with E-state index in [-0.39, 0.29) is 0 Å². The van der Waals surface area contributed by atoms with Gasteiger partial charge in [-0.3, -0.25) is 4.98 Å². The first-order valence-corrected chi connectivity index (χ1v) is 8.65. The molecule has 25 heavy (non-hydrogen) atoms. The van der Waals surface area contributed by atoms with Crippen LogP contribution in [0.4, 0.5) is 0 Å². The maximum absolute atomic E-state index is 4.72. The van der Waals surface area contributed by atoms with Crippen molar-refractivity contribution in [1.82, 2.24) is 15.0 Å². The number of hydrogen-bond acceptors (Lipinski definition) is 3. The summed E-state index contributed by atoms with van der Waals surface area (Å²) in [6.45, 7) is 0. The van der Waals surface area contributed by atoms with Crippen LogP contribution in [0.1, 0.15) is 35.2 Å². The van der Waals surface area contributed by atoms with Crippen LogP contribution in [0.5, 0.6) is 0 Å². The highest BCUT2D eigenvalue weighted by Crippen LogP contribution is 2.35. The van der Waals surface area contributed by atoms with Gasteiger partial charge in [0.1, 0.15) is 6.33 Å². The van der Waals surface area contributed by atoms with Gasteiger partial charge in [0.05, 0.1) is 11.2 Å². The molecule has 2 aliphatic carbocycles. The average Bonchev–Trinajstić information content (AvgIpc) is 3.11. The smallest absolute Gasteiger partial charge is 0.116 e. The van der Waals surface area contributed by atoms with E-state index in [1.54, 1.807) is 6.33 Å². The van der Waals surface area contributed by atoms with E-state index >= 15 is 0 Å². The van der Waals surface area contributed by atoms with Gasteiger partial charge in [-0.25, -0.2) is 9.97 Å². The molecule has 0 N–H and O–H groups in total. The summed E-state index contributed by atoms with van der Waals surface area (Å²) in [5.74, 6) is 0. The molecular formula is C22H17N3. The molecular weight excluding hydrogens is 306 g/mol. The maximum Gasteiger partial charge on any atom is 0.116 e. The average molecular weight is 323 g/mol. The van der Waals surface area contributed by atoms with E-state index in [1.807, 2.05) is 12.4 Å². The minimum Gasteiger partial charge on any atom is -0.260 e. The SMILES string of the molecule is C1=CC(c2cnc3c(c2)C(c2ccc4ncncc4c2)=CC3)=CCC1. The molecule has 2 heterocycles. The van der Waals surface area contributed by atoms with E-state index in [1.165, 1.54) is 27.8 Å². The molecule has 120 valence electrons. The molecule has 0 saturated heterocycles. The Morgan fingerprint density at radius 3 is 2.80 bits per heavy atom. The second-order valence-electron chi connectivity index (χ2n) is 6.48. The monoisotopic (exact) mass is 323 g/mol. The highest BCUT2D eigenvalue weighted by molar-refractivity contribution is 5.90. The zero-order valence-corrected chi connectivity index (χ0v) is 13.8. The molecule has 0 bridgehead atoms. The van der Waals surface area contributed by atoms with Gasteiger partial charge in [-0.05, 0) is 47.8 Å². The number of rotatable bonds is 2. The molecule has 0 unspecified atom stereocenters. The molecule has 0 radical (unpaired) electrons. The quantitative estimate of drug-likeness (QED) is 0.683. The Labute approximate surface area is 146 Å². The van der Waals surface area contributed by atoms with E-state index in [9.17, 15) is 0 Å². The molecule has 0 amide bonds. The highest BCUT2D eigenvalue weighted by Gasteiger charge is 2.18. The Bertz CT molecular complexity index is 1070. The van der Waals surface area contributed by atoms with Crippen LogP contribution >= 0.6 is 0 Å². The highest BCUT2D eigenvalue weighted by atomic mass is 14.8. The van der Waals surface area contributed by atoms with Crippen molar-refractivity contribution in [2.75, 3.05) is 0 Å². The van der Waals surface area contributed by atoms with Crippen molar-refractivity contribution in [1.29, 1.82) is 0 Å². The number of hydrogen-bond donors (Lipinski definition) is 0. The van der Waals surface area contributed by atoms with Gasteiger partial charge in [-0.15, -0.1) is 0 Å². The largest absolute Gasteiger partial charge is 0.260 e. The third-order valence-corrected chi connectivity index (χ3v) is 4.90. The fraction of sp³-hybridized carbons (Fsp3) is 0.136. The van der Waals surface area contributed by atoms with E-state index < -0.39 is 0 Å². The Kier molecular flexibility index (Phi) is 3.30. The Morgan fingerprint density at radius 1 is 0.880 bits per heavy atom. The van der Waals surface area contributed by atoms with Crippen LogP contribution in [0.25, 0.3) is 22.0 Å². The van der Waals surface area contributed by atoms with E-state index in [0.29, 0.717) is 0 Å². The van der Waals surface area contributed by atoms with Crippen molar-refractivity contribution in [3.8, 4) is 0 Å². The summed E-state index contributed by atoms with van der Waals surface area (Å²) in [6.07, 6.45) is 17.6. The summed E-state index contributed by atoms with van der Waals surface area (Å²) in [5.41, 5.74) is 8.31. The van der Waals surface area contributed by atoms with Gasteiger partial charge < -0.3 is 0 Å². The molecule has 0 spiro atoms. The molecule has 1 aromatic carbocycles. The van der Waals surface area contributed by atoms with Gasteiger partial charge in [0, 0.05) is 35.3 Å². The zero-order chi connectivity index (χ0) is 16.6. The minimum atomic E-state index is 0.892. The Hall–Kier alpha value is -3.07. The van der Waals surface area contributed by atoms with Gasteiger partial charge in [-0.2, -0.15) is 0 Å². The third kappa shape index (κ3) is 2.49. The van der Waals surface area contributed by atoms with Gasteiger partial charge >= 0.3 is 0 Å². The molecule has 0 fully saturated rings. The Morgan fingerprint density at radius 2 is 1.88 bits per heavy atom. The van der Waals surface area contributed by atoms with Crippen LogP contribution in [0.15, 0.2) is 67.3 Å². The first kappa shape index (κ1) is 14.3. The molecule has 3 nitrogen and oxygen atoms in total. The molecule has 3 aromatic rings. The van der Waals surface area contributed by atoms with Crippen molar-refractivity contribution < 1.29 is 0 Å². The molecule has 5 rings (SSSR count). The van der Waals surface area contributed by atoms with Gasteiger partial charge in [-0.1, -0.05) is 30.4 Å². The molecule has 0 atom stereocenters. The second-order valence-corrected chi connectivity index (χ2v) is 6.48. The van der Waals surface area contributed by atoms with Crippen molar-refractivity contribution in [2.45, 2.75) is 19.3 Å². The second kappa shape index (κ2) is 5.78. The number of pyridine rings is 1. The number of nitrogens with zero attached hydrogens (tertiary/aromatic N) is 3. The van der Waals surface area contributed by atoms with E-state index in [4.69, 9.17) is 4.98 Å². The van der Waals surface area contributed by atoms with Crippen LogP contribution in [-0.4, -0.2) is 15.0 Å². The summed E-state index contributed by atoms with van der Waals surface area (Å²) >= 11 is 0. The number of fused-ring (bicyclic) bond motifs is 2. The zero-order valence-electron chi connectivity index (χ0n) is 13.8. The van der Waals surface area contributed by atoms with E-state index in [2.05, 4.69) is 58.5 Å². The minimum absolute atomic E-state index is 0.892. The first-order chi connectivity index (χ1) is 12.4. The third-order valence-electron chi connectivity index (χ3n) is 4.90. The molecule has 0 saturated carbocycles. The molecule has 2 aliphatic rings. The van der Waals surface area contributed by atoms with Crippen molar-refractivity contribution in [2.24, 2.45) is 0 Å². The Balaban J connectivity index is 1.59. The lowest BCUT2D eigenvalue weighted by Crippen LogP contribution is -1.95. The lowest BCUT2D eigenvalue weighted by molar-refractivity contribution is 1.04. The van der Waals surface area contributed by atoms with Gasteiger partial charge in [0.15, 0.2) is 0 Å². The van der Waals surface area contributed by atoms with Gasteiger partial charge in [0.2, 0.25) is 0 Å². The maximum atomic E-state index is 4.72. The fourth-order valence-electron chi connectivity index (χ4n) is 3.61. The molecule has 0 aliphatic heterocycles. The molecule has 2 aromatic heterocycles. The lowest BCUT2D eigenvalue weighted by atomic mass is 9.95. The number of allylic oxidation sites excluding steroid dienone is 5. The first-order valence-electron chi connectivity index (χ1n) is 8.65. The summed E-state index contributed by atoms with van der Waals surface area (Å²) < 4.78 is 0. The molecule has 3 heteroatoms. The van der Waals surface area contributed by atoms with Crippen LogP contribution in [0.3, 0.4) is 0 Å². The van der Waals surface area contributed by atoms with Crippen molar-refractivity contribution >= 4 is 22.0 Å². The topological polar surface area (TPSA) is 38.7 Å². The van der Waals surface area contributed by atoms with Crippen LogP contribution in [0.2, 0.25) is 0 Å². The standard InChI is InChI=1S/C22H17N3/c1-2-4-15(5-3-1)17-11-20-19(7-9-22(20)24-13-17)16-6-8-21-18(10-16)12-23-14-25-21/h2,4-8,10-14H,1,3,9H2. The predicted octanol–water partition coefficient (Wildman–Crippen LogP) is 4.75. The van der Waals surface area contributed by atoms with E-state index in [0.717, 1.165) is 35.9 Å². The van der Waals surface area contributed by atoms with Crippen LogP contribution in [-0.2, 0) is 6.42 Å². The normalized spacial score (nSPS) is 15.8. The fourth-order valence-corrected chi connectivity index (χ4v) is 3.61. The summed E-state index contributed by atoms with van der Waals surface area (Å²) in [5, 5.41) is 1.07.